The number of aromatic amines is 1. The van der Waals surface area contributed by atoms with Crippen molar-refractivity contribution in [3.05, 3.63) is 53.0 Å². The molecule has 0 saturated heterocycles. The normalized spacial score (nSPS) is 10.9. The van der Waals surface area contributed by atoms with E-state index >= 15 is 0 Å². The molecule has 0 spiro atoms. The summed E-state index contributed by atoms with van der Waals surface area (Å²) < 4.78 is 1.95. The lowest BCUT2D eigenvalue weighted by molar-refractivity contribution is 0.873. The van der Waals surface area contributed by atoms with E-state index in [0.29, 0.717) is 0 Å². The lowest BCUT2D eigenvalue weighted by Crippen LogP contribution is -2.06. The zero-order chi connectivity index (χ0) is 12.5. The molecular formula is C13H12N4O. The fourth-order valence-corrected chi connectivity index (χ4v) is 2.05. The van der Waals surface area contributed by atoms with Gasteiger partial charge < -0.3 is 4.98 Å². The number of nitrogens with one attached hydrogen (secondary N) is 1. The summed E-state index contributed by atoms with van der Waals surface area (Å²) in [4.78, 5) is 22.8. The summed E-state index contributed by atoms with van der Waals surface area (Å²) in [5, 5.41) is 0.907. The van der Waals surface area contributed by atoms with Gasteiger partial charge in [-0.15, -0.1) is 0 Å². The Hall–Kier alpha value is -2.43. The molecule has 5 heteroatoms. The van der Waals surface area contributed by atoms with Crippen LogP contribution < -0.4 is 5.56 Å². The summed E-state index contributed by atoms with van der Waals surface area (Å²) in [6.45, 7) is 2.05. The van der Waals surface area contributed by atoms with Crippen molar-refractivity contribution in [2.75, 3.05) is 0 Å². The molecular weight excluding hydrogens is 228 g/mol. The van der Waals surface area contributed by atoms with Crippen molar-refractivity contribution in [1.82, 2.24) is 19.5 Å². The topological polar surface area (TPSA) is 63.6 Å². The Kier molecular flexibility index (Phi) is 2.44. The lowest BCUT2D eigenvalue weighted by atomic mass is 10.2. The van der Waals surface area contributed by atoms with Gasteiger partial charge in [0.1, 0.15) is 11.6 Å². The number of hydrogen-bond acceptors (Lipinski definition) is 3. The largest absolute Gasteiger partial charge is 0.322 e. The highest BCUT2D eigenvalue weighted by Crippen LogP contribution is 2.18. The fourth-order valence-electron chi connectivity index (χ4n) is 2.05. The molecule has 0 atom stereocenters. The third kappa shape index (κ3) is 1.60. The maximum atomic E-state index is 11.3. The molecule has 5 nitrogen and oxygen atoms in total. The highest BCUT2D eigenvalue weighted by molar-refractivity contribution is 5.84. The van der Waals surface area contributed by atoms with Gasteiger partial charge >= 0.3 is 0 Å². The summed E-state index contributed by atoms with van der Waals surface area (Å²) >= 11 is 0. The van der Waals surface area contributed by atoms with Crippen LogP contribution in [0.3, 0.4) is 0 Å². The van der Waals surface area contributed by atoms with Crippen molar-refractivity contribution in [3.63, 3.8) is 0 Å². The van der Waals surface area contributed by atoms with Crippen molar-refractivity contribution in [3.8, 4) is 5.82 Å². The van der Waals surface area contributed by atoms with E-state index in [1.807, 2.05) is 17.7 Å². The quantitative estimate of drug-likeness (QED) is 0.741. The molecule has 18 heavy (non-hydrogen) atoms. The van der Waals surface area contributed by atoms with Gasteiger partial charge in [-0.2, -0.15) is 0 Å². The number of aryl methyl sites for hydroxylation is 1. The molecule has 3 aromatic heterocycles. The van der Waals surface area contributed by atoms with Gasteiger partial charge in [-0.05, 0) is 12.1 Å². The number of fused-ring (bicyclic) bond motifs is 1. The van der Waals surface area contributed by atoms with Crippen LogP contribution in [-0.4, -0.2) is 19.5 Å². The number of nitrogens with zero attached hydrogens (tertiary/aromatic N) is 3. The first kappa shape index (κ1) is 10.7. The van der Waals surface area contributed by atoms with Crippen LogP contribution in [0.25, 0.3) is 16.7 Å². The van der Waals surface area contributed by atoms with Crippen LogP contribution in [0.1, 0.15) is 12.7 Å². The predicted molar refractivity (Wildman–Crippen MR) is 68.9 cm³/mol. The second-order valence-corrected chi connectivity index (χ2v) is 3.99. The Labute approximate surface area is 103 Å². The number of rotatable bonds is 2. The molecule has 0 radical (unpaired) electrons. The van der Waals surface area contributed by atoms with Gasteiger partial charge in [-0.25, -0.2) is 9.97 Å². The standard InChI is InChI=1S/C13H12N4O/c1-2-11-14-7-8-17(11)13-9-3-4-12(18)16-10(9)5-6-15-13/h3-8H,2H2,1H3,(H,16,18). The average molecular weight is 240 g/mol. The zero-order valence-electron chi connectivity index (χ0n) is 9.92. The fraction of sp³-hybridized carbons (Fsp3) is 0.154. The summed E-state index contributed by atoms with van der Waals surface area (Å²) in [5.41, 5.74) is 0.671. The molecule has 0 aromatic carbocycles. The highest BCUT2D eigenvalue weighted by atomic mass is 16.1. The van der Waals surface area contributed by atoms with Gasteiger partial charge in [0.2, 0.25) is 5.56 Å². The third-order valence-corrected chi connectivity index (χ3v) is 2.89. The second kappa shape index (κ2) is 4.10. The van der Waals surface area contributed by atoms with E-state index < -0.39 is 0 Å². The Morgan fingerprint density at radius 3 is 2.94 bits per heavy atom. The number of hydrogen-bond donors (Lipinski definition) is 1. The SMILES string of the molecule is CCc1nccn1-c1nccc2[nH]c(=O)ccc12. The Morgan fingerprint density at radius 2 is 2.11 bits per heavy atom. The summed E-state index contributed by atoms with van der Waals surface area (Å²) in [6.07, 6.45) is 6.15. The monoisotopic (exact) mass is 240 g/mol. The van der Waals surface area contributed by atoms with E-state index in [1.54, 1.807) is 24.5 Å². The molecule has 0 amide bonds. The lowest BCUT2D eigenvalue weighted by Gasteiger charge is -2.08. The Morgan fingerprint density at radius 1 is 1.22 bits per heavy atom. The molecule has 0 aliphatic rings. The maximum Gasteiger partial charge on any atom is 0.248 e. The van der Waals surface area contributed by atoms with Gasteiger partial charge in [0, 0.05) is 36.5 Å². The van der Waals surface area contributed by atoms with Crippen LogP contribution in [0.15, 0.2) is 41.6 Å². The Bertz CT molecular complexity index is 757. The van der Waals surface area contributed by atoms with Crippen LogP contribution in [0.4, 0.5) is 0 Å². The zero-order valence-corrected chi connectivity index (χ0v) is 9.92. The molecule has 3 aromatic rings. The van der Waals surface area contributed by atoms with E-state index in [-0.39, 0.29) is 5.56 Å². The summed E-state index contributed by atoms with van der Waals surface area (Å²) in [6, 6.07) is 5.09. The minimum Gasteiger partial charge on any atom is -0.322 e. The van der Waals surface area contributed by atoms with E-state index in [0.717, 1.165) is 29.0 Å². The van der Waals surface area contributed by atoms with Gasteiger partial charge in [0.05, 0.1) is 5.52 Å². The van der Waals surface area contributed by atoms with E-state index in [4.69, 9.17) is 0 Å². The molecule has 90 valence electrons. The minimum atomic E-state index is -0.110. The molecule has 3 rings (SSSR count). The van der Waals surface area contributed by atoms with Crippen LogP contribution in [0.5, 0.6) is 0 Å². The molecule has 0 aliphatic carbocycles. The first-order valence-corrected chi connectivity index (χ1v) is 5.80. The van der Waals surface area contributed by atoms with Crippen LogP contribution >= 0.6 is 0 Å². The van der Waals surface area contributed by atoms with Crippen LogP contribution in [0.2, 0.25) is 0 Å². The molecule has 0 aliphatic heterocycles. The van der Waals surface area contributed by atoms with Gasteiger partial charge in [0.25, 0.3) is 0 Å². The second-order valence-electron chi connectivity index (χ2n) is 3.99. The number of H-pyrrole nitrogens is 1. The molecule has 0 unspecified atom stereocenters. The number of imidazole rings is 1. The van der Waals surface area contributed by atoms with Gasteiger partial charge in [0.15, 0.2) is 0 Å². The molecule has 3 heterocycles. The first-order valence-electron chi connectivity index (χ1n) is 5.80. The van der Waals surface area contributed by atoms with Crippen molar-refractivity contribution < 1.29 is 0 Å². The molecule has 0 saturated carbocycles. The van der Waals surface area contributed by atoms with Crippen molar-refractivity contribution in [2.24, 2.45) is 0 Å². The Balaban J connectivity index is 2.33. The average Bonchev–Trinajstić information content (AvgIpc) is 2.85. The summed E-state index contributed by atoms with van der Waals surface area (Å²) in [7, 11) is 0. The van der Waals surface area contributed by atoms with Crippen LogP contribution in [0, 0.1) is 0 Å². The number of aromatic nitrogens is 4. The third-order valence-electron chi connectivity index (χ3n) is 2.89. The first-order chi connectivity index (χ1) is 8.79. The maximum absolute atomic E-state index is 11.3. The van der Waals surface area contributed by atoms with E-state index in [9.17, 15) is 4.79 Å². The summed E-state index contributed by atoms with van der Waals surface area (Å²) in [5.74, 6) is 1.74. The van der Waals surface area contributed by atoms with E-state index in [1.165, 1.54) is 6.07 Å². The van der Waals surface area contributed by atoms with Gasteiger partial charge in [-0.3, -0.25) is 9.36 Å². The predicted octanol–water partition coefficient (Wildman–Crippen LogP) is 1.67. The van der Waals surface area contributed by atoms with E-state index in [2.05, 4.69) is 15.0 Å². The van der Waals surface area contributed by atoms with Crippen molar-refractivity contribution >= 4 is 10.9 Å². The molecule has 0 bridgehead atoms. The van der Waals surface area contributed by atoms with Crippen LogP contribution in [-0.2, 0) is 6.42 Å². The van der Waals surface area contributed by atoms with Crippen molar-refractivity contribution in [2.45, 2.75) is 13.3 Å². The van der Waals surface area contributed by atoms with Gasteiger partial charge in [-0.1, -0.05) is 6.92 Å². The highest BCUT2D eigenvalue weighted by Gasteiger charge is 2.08. The smallest absolute Gasteiger partial charge is 0.248 e. The molecule has 1 N–H and O–H groups in total. The minimum absolute atomic E-state index is 0.110. The van der Waals surface area contributed by atoms with Crippen molar-refractivity contribution in [1.29, 1.82) is 0 Å². The molecule has 0 fully saturated rings. The number of pyridine rings is 2.